The molecule has 1 heterocycles. The summed E-state index contributed by atoms with van der Waals surface area (Å²) in [4.78, 5) is 7.86. The molecule has 1 aromatic heterocycles. The third-order valence-corrected chi connectivity index (χ3v) is 1.70. The molecule has 1 unspecified atom stereocenters. The van der Waals surface area contributed by atoms with Gasteiger partial charge in [0.25, 0.3) is 0 Å². The molecule has 1 N–H and O–H groups in total. The SMILES string of the molecule is C#CC(CC)Nc1cnc(C#N)cn1. The first-order chi connectivity index (χ1) is 6.80. The quantitative estimate of drug-likeness (QED) is 0.720. The van der Waals surface area contributed by atoms with Gasteiger partial charge in [0.05, 0.1) is 18.4 Å². The maximum atomic E-state index is 8.50. The summed E-state index contributed by atoms with van der Waals surface area (Å²) in [5, 5.41) is 11.5. The Bertz CT molecular complexity index is 369. The zero-order chi connectivity index (χ0) is 10.4. The van der Waals surface area contributed by atoms with E-state index in [1.165, 1.54) is 12.4 Å². The second-order valence-corrected chi connectivity index (χ2v) is 2.67. The Morgan fingerprint density at radius 3 is 2.79 bits per heavy atom. The highest BCUT2D eigenvalue weighted by Gasteiger charge is 2.02. The van der Waals surface area contributed by atoms with Crippen LogP contribution in [0.4, 0.5) is 5.82 Å². The van der Waals surface area contributed by atoms with Crippen LogP contribution in [0.3, 0.4) is 0 Å². The van der Waals surface area contributed by atoms with E-state index in [1.54, 1.807) is 0 Å². The Kier molecular flexibility index (Phi) is 3.46. The Labute approximate surface area is 83.0 Å². The van der Waals surface area contributed by atoms with Crippen molar-refractivity contribution >= 4 is 5.82 Å². The molecule has 4 heteroatoms. The highest BCUT2D eigenvalue weighted by Crippen LogP contribution is 2.03. The van der Waals surface area contributed by atoms with Crippen LogP contribution in [0.25, 0.3) is 0 Å². The number of rotatable bonds is 3. The van der Waals surface area contributed by atoms with E-state index in [-0.39, 0.29) is 6.04 Å². The lowest BCUT2D eigenvalue weighted by molar-refractivity contribution is 0.848. The minimum Gasteiger partial charge on any atom is -0.355 e. The smallest absolute Gasteiger partial charge is 0.158 e. The van der Waals surface area contributed by atoms with E-state index in [2.05, 4.69) is 21.2 Å². The van der Waals surface area contributed by atoms with Crippen LogP contribution < -0.4 is 5.32 Å². The average molecular weight is 186 g/mol. The van der Waals surface area contributed by atoms with E-state index in [0.717, 1.165) is 6.42 Å². The zero-order valence-electron chi connectivity index (χ0n) is 7.86. The lowest BCUT2D eigenvalue weighted by Crippen LogP contribution is -2.16. The molecule has 0 spiro atoms. The van der Waals surface area contributed by atoms with Gasteiger partial charge >= 0.3 is 0 Å². The van der Waals surface area contributed by atoms with Gasteiger partial charge in [0.15, 0.2) is 5.69 Å². The van der Waals surface area contributed by atoms with Gasteiger partial charge in [0.1, 0.15) is 11.9 Å². The van der Waals surface area contributed by atoms with Crippen molar-refractivity contribution in [2.45, 2.75) is 19.4 Å². The second kappa shape index (κ2) is 4.84. The molecule has 0 aliphatic carbocycles. The van der Waals surface area contributed by atoms with Gasteiger partial charge < -0.3 is 5.32 Å². The largest absolute Gasteiger partial charge is 0.355 e. The number of nitrogens with zero attached hydrogens (tertiary/aromatic N) is 3. The molecule has 1 rings (SSSR count). The van der Waals surface area contributed by atoms with E-state index in [9.17, 15) is 0 Å². The van der Waals surface area contributed by atoms with Crippen molar-refractivity contribution in [1.82, 2.24) is 9.97 Å². The topological polar surface area (TPSA) is 61.6 Å². The monoisotopic (exact) mass is 186 g/mol. The number of anilines is 1. The van der Waals surface area contributed by atoms with Gasteiger partial charge in [-0.25, -0.2) is 9.97 Å². The fourth-order valence-corrected chi connectivity index (χ4v) is 0.900. The van der Waals surface area contributed by atoms with Crippen molar-refractivity contribution in [3.05, 3.63) is 18.1 Å². The maximum Gasteiger partial charge on any atom is 0.158 e. The van der Waals surface area contributed by atoms with Crippen LogP contribution in [-0.2, 0) is 0 Å². The van der Waals surface area contributed by atoms with Gasteiger partial charge in [-0.3, -0.25) is 0 Å². The highest BCUT2D eigenvalue weighted by molar-refractivity contribution is 5.36. The lowest BCUT2D eigenvalue weighted by atomic mass is 10.2. The van der Waals surface area contributed by atoms with Gasteiger partial charge in [-0.1, -0.05) is 12.8 Å². The van der Waals surface area contributed by atoms with E-state index < -0.39 is 0 Å². The predicted molar refractivity (Wildman–Crippen MR) is 53.3 cm³/mol. The molecule has 14 heavy (non-hydrogen) atoms. The summed E-state index contributed by atoms with van der Waals surface area (Å²) in [5.74, 6) is 3.18. The first kappa shape index (κ1) is 10.0. The minimum absolute atomic E-state index is 0.0442. The van der Waals surface area contributed by atoms with Crippen LogP contribution in [0.2, 0.25) is 0 Å². The van der Waals surface area contributed by atoms with Crippen LogP contribution in [0.5, 0.6) is 0 Å². The molecule has 0 aromatic carbocycles. The number of hydrogen-bond acceptors (Lipinski definition) is 4. The first-order valence-corrected chi connectivity index (χ1v) is 4.25. The van der Waals surface area contributed by atoms with Crippen LogP contribution in [0.15, 0.2) is 12.4 Å². The number of aromatic nitrogens is 2. The van der Waals surface area contributed by atoms with E-state index in [1.807, 2.05) is 13.0 Å². The molecule has 0 saturated heterocycles. The normalized spacial score (nSPS) is 11.1. The number of nitrogens with one attached hydrogen (secondary N) is 1. The standard InChI is InChI=1S/C10H10N4/c1-3-8(4-2)14-10-7-12-9(5-11)6-13-10/h1,6-8H,4H2,2H3,(H,13,14). The number of hydrogen-bond donors (Lipinski definition) is 1. The third kappa shape index (κ3) is 2.46. The van der Waals surface area contributed by atoms with E-state index in [4.69, 9.17) is 11.7 Å². The van der Waals surface area contributed by atoms with Crippen molar-refractivity contribution in [3.8, 4) is 18.4 Å². The van der Waals surface area contributed by atoms with Gasteiger partial charge in [0, 0.05) is 0 Å². The lowest BCUT2D eigenvalue weighted by Gasteiger charge is -2.09. The van der Waals surface area contributed by atoms with Gasteiger partial charge in [-0.05, 0) is 6.42 Å². The zero-order valence-corrected chi connectivity index (χ0v) is 7.86. The van der Waals surface area contributed by atoms with Crippen LogP contribution in [0, 0.1) is 23.7 Å². The Hall–Kier alpha value is -2.07. The molecule has 4 nitrogen and oxygen atoms in total. The van der Waals surface area contributed by atoms with Crippen molar-refractivity contribution in [2.75, 3.05) is 5.32 Å². The molecular formula is C10H10N4. The number of terminal acetylenes is 1. The summed E-state index contributed by atoms with van der Waals surface area (Å²) in [5.41, 5.74) is 0.296. The molecule has 0 aliphatic heterocycles. The van der Waals surface area contributed by atoms with Crippen LogP contribution in [-0.4, -0.2) is 16.0 Å². The third-order valence-electron chi connectivity index (χ3n) is 1.70. The van der Waals surface area contributed by atoms with Gasteiger partial charge in [-0.2, -0.15) is 5.26 Å². The summed E-state index contributed by atoms with van der Waals surface area (Å²) in [6, 6.07) is 1.85. The second-order valence-electron chi connectivity index (χ2n) is 2.67. The molecule has 70 valence electrons. The Balaban J connectivity index is 2.70. The summed E-state index contributed by atoms with van der Waals surface area (Å²) >= 11 is 0. The van der Waals surface area contributed by atoms with Crippen molar-refractivity contribution in [1.29, 1.82) is 5.26 Å². The summed E-state index contributed by atoms with van der Waals surface area (Å²) in [7, 11) is 0. The Morgan fingerprint density at radius 1 is 1.57 bits per heavy atom. The highest BCUT2D eigenvalue weighted by atomic mass is 15.0. The van der Waals surface area contributed by atoms with E-state index >= 15 is 0 Å². The average Bonchev–Trinajstić information content (AvgIpc) is 2.26. The summed E-state index contributed by atoms with van der Waals surface area (Å²) in [6.07, 6.45) is 9.00. The summed E-state index contributed by atoms with van der Waals surface area (Å²) in [6.45, 7) is 1.98. The Morgan fingerprint density at radius 2 is 2.36 bits per heavy atom. The molecule has 1 aromatic rings. The predicted octanol–water partition coefficient (Wildman–Crippen LogP) is 1.17. The van der Waals surface area contributed by atoms with Crippen LogP contribution >= 0.6 is 0 Å². The van der Waals surface area contributed by atoms with Gasteiger partial charge in [-0.15, -0.1) is 6.42 Å². The minimum atomic E-state index is -0.0442. The molecule has 0 radical (unpaired) electrons. The summed E-state index contributed by atoms with van der Waals surface area (Å²) < 4.78 is 0. The first-order valence-electron chi connectivity index (χ1n) is 4.25. The molecular weight excluding hydrogens is 176 g/mol. The molecule has 0 saturated carbocycles. The molecule has 0 bridgehead atoms. The van der Waals surface area contributed by atoms with Gasteiger partial charge in [0.2, 0.25) is 0 Å². The van der Waals surface area contributed by atoms with E-state index in [0.29, 0.717) is 11.5 Å². The molecule has 0 aliphatic rings. The fourth-order valence-electron chi connectivity index (χ4n) is 0.900. The molecule has 0 fully saturated rings. The molecule has 0 amide bonds. The van der Waals surface area contributed by atoms with Crippen molar-refractivity contribution in [2.24, 2.45) is 0 Å². The van der Waals surface area contributed by atoms with Crippen molar-refractivity contribution in [3.63, 3.8) is 0 Å². The van der Waals surface area contributed by atoms with Crippen molar-refractivity contribution < 1.29 is 0 Å². The number of nitriles is 1. The molecule has 1 atom stereocenters. The maximum absolute atomic E-state index is 8.50. The van der Waals surface area contributed by atoms with Crippen LogP contribution in [0.1, 0.15) is 19.0 Å². The fraction of sp³-hybridized carbons (Fsp3) is 0.300.